The highest BCUT2D eigenvalue weighted by molar-refractivity contribution is 5.72. The van der Waals surface area contributed by atoms with E-state index in [1.807, 2.05) is 0 Å². The predicted molar refractivity (Wildman–Crippen MR) is 48.9 cm³/mol. The molecule has 5 nitrogen and oxygen atoms in total. The van der Waals surface area contributed by atoms with Crippen LogP contribution in [0.25, 0.3) is 0 Å². The summed E-state index contributed by atoms with van der Waals surface area (Å²) in [7, 11) is 2.69. The molecule has 0 saturated heterocycles. The summed E-state index contributed by atoms with van der Waals surface area (Å²) < 4.78 is 9.17. The number of hydrogen-bond acceptors (Lipinski definition) is 4. The van der Waals surface area contributed by atoms with Crippen LogP contribution in [0.1, 0.15) is 25.7 Å². The first-order valence-electron chi connectivity index (χ1n) is 4.44. The van der Waals surface area contributed by atoms with Gasteiger partial charge < -0.3 is 14.6 Å². The Hall–Kier alpha value is -1.10. The third-order valence-electron chi connectivity index (χ3n) is 1.88. The first kappa shape index (κ1) is 12.9. The van der Waals surface area contributed by atoms with Gasteiger partial charge in [0.1, 0.15) is 0 Å². The van der Waals surface area contributed by atoms with E-state index in [4.69, 9.17) is 9.84 Å². The third-order valence-corrected chi connectivity index (χ3v) is 1.88. The van der Waals surface area contributed by atoms with Gasteiger partial charge in [-0.15, -0.1) is 0 Å². The third kappa shape index (κ3) is 5.53. The van der Waals surface area contributed by atoms with Crippen LogP contribution < -0.4 is 0 Å². The van der Waals surface area contributed by atoms with E-state index in [0.29, 0.717) is 25.7 Å². The lowest BCUT2D eigenvalue weighted by Gasteiger charge is -2.09. The number of esters is 1. The zero-order chi connectivity index (χ0) is 11.0. The fourth-order valence-corrected chi connectivity index (χ4v) is 1.04. The molecule has 0 aliphatic heterocycles. The van der Waals surface area contributed by atoms with Gasteiger partial charge in [0.2, 0.25) is 0 Å². The molecule has 0 saturated carbocycles. The van der Waals surface area contributed by atoms with E-state index in [0.717, 1.165) is 0 Å². The topological polar surface area (TPSA) is 72.8 Å². The number of methoxy groups -OCH3 is 2. The fourth-order valence-electron chi connectivity index (χ4n) is 1.04. The second kappa shape index (κ2) is 7.32. The Labute approximate surface area is 83.0 Å². The quantitative estimate of drug-likeness (QED) is 0.491. The SMILES string of the molecule is COC(=O)CCCC[C@H](OC)C(=O)O. The van der Waals surface area contributed by atoms with Crippen LogP contribution in [0.4, 0.5) is 0 Å². The zero-order valence-corrected chi connectivity index (χ0v) is 8.49. The van der Waals surface area contributed by atoms with E-state index in [-0.39, 0.29) is 5.97 Å². The zero-order valence-electron chi connectivity index (χ0n) is 8.49. The van der Waals surface area contributed by atoms with Crippen LogP contribution in [0.2, 0.25) is 0 Å². The molecule has 0 radical (unpaired) electrons. The highest BCUT2D eigenvalue weighted by atomic mass is 16.5. The highest BCUT2D eigenvalue weighted by Crippen LogP contribution is 2.06. The number of ether oxygens (including phenoxy) is 2. The van der Waals surface area contributed by atoms with Crippen LogP contribution in [-0.2, 0) is 19.1 Å². The Bertz CT molecular complexity index is 190. The molecule has 1 atom stereocenters. The van der Waals surface area contributed by atoms with Crippen molar-refractivity contribution in [2.45, 2.75) is 31.8 Å². The molecule has 0 amide bonds. The van der Waals surface area contributed by atoms with Crippen molar-refractivity contribution in [2.75, 3.05) is 14.2 Å². The van der Waals surface area contributed by atoms with E-state index in [2.05, 4.69) is 4.74 Å². The second-order valence-corrected chi connectivity index (χ2v) is 2.88. The molecule has 0 unspecified atom stereocenters. The first-order valence-corrected chi connectivity index (χ1v) is 4.44. The highest BCUT2D eigenvalue weighted by Gasteiger charge is 2.15. The number of carbonyl (C=O) groups is 2. The minimum absolute atomic E-state index is 0.269. The van der Waals surface area contributed by atoms with E-state index in [1.54, 1.807) is 0 Å². The molecule has 0 aliphatic rings. The van der Waals surface area contributed by atoms with Gasteiger partial charge in [-0.05, 0) is 19.3 Å². The van der Waals surface area contributed by atoms with Crippen molar-refractivity contribution in [3.05, 3.63) is 0 Å². The molecule has 0 bridgehead atoms. The van der Waals surface area contributed by atoms with Gasteiger partial charge in [-0.2, -0.15) is 0 Å². The van der Waals surface area contributed by atoms with Gasteiger partial charge in [-0.25, -0.2) is 4.79 Å². The Morgan fingerprint density at radius 2 is 1.93 bits per heavy atom. The van der Waals surface area contributed by atoms with Crippen molar-refractivity contribution >= 4 is 11.9 Å². The van der Waals surface area contributed by atoms with Gasteiger partial charge in [0, 0.05) is 13.5 Å². The Balaban J connectivity index is 3.52. The molecule has 82 valence electrons. The molecule has 0 heterocycles. The standard InChI is InChI=1S/C9H16O5/c1-13-7(9(11)12)5-3-4-6-8(10)14-2/h7H,3-6H2,1-2H3,(H,11,12)/t7-/m0/s1. The molecule has 5 heteroatoms. The molecule has 0 spiro atoms. The summed E-state index contributed by atoms with van der Waals surface area (Å²) in [4.78, 5) is 21.2. The van der Waals surface area contributed by atoms with Crippen molar-refractivity contribution in [1.82, 2.24) is 0 Å². The Kier molecular flexibility index (Phi) is 6.74. The van der Waals surface area contributed by atoms with E-state index >= 15 is 0 Å². The lowest BCUT2D eigenvalue weighted by atomic mass is 10.1. The summed E-state index contributed by atoms with van der Waals surface area (Å²) in [5.74, 6) is -1.24. The average Bonchev–Trinajstić information content (AvgIpc) is 2.16. The lowest BCUT2D eigenvalue weighted by molar-refractivity contribution is -0.148. The summed E-state index contributed by atoms with van der Waals surface area (Å²) in [5.41, 5.74) is 0. The Morgan fingerprint density at radius 1 is 1.29 bits per heavy atom. The van der Waals surface area contributed by atoms with Crippen molar-refractivity contribution in [3.8, 4) is 0 Å². The molecular weight excluding hydrogens is 188 g/mol. The number of carboxylic acids is 1. The van der Waals surface area contributed by atoms with Gasteiger partial charge in [0.15, 0.2) is 6.10 Å². The maximum atomic E-state index is 10.7. The summed E-state index contributed by atoms with van der Waals surface area (Å²) >= 11 is 0. The van der Waals surface area contributed by atoms with Crippen molar-refractivity contribution < 1.29 is 24.2 Å². The summed E-state index contributed by atoms with van der Waals surface area (Å²) in [6.45, 7) is 0. The first-order chi connectivity index (χ1) is 6.61. The van der Waals surface area contributed by atoms with Gasteiger partial charge >= 0.3 is 11.9 Å². The maximum Gasteiger partial charge on any atom is 0.332 e. The molecule has 14 heavy (non-hydrogen) atoms. The number of rotatable bonds is 7. The molecule has 0 rings (SSSR count). The molecule has 0 aromatic heterocycles. The van der Waals surface area contributed by atoms with Gasteiger partial charge in [-0.1, -0.05) is 0 Å². The summed E-state index contributed by atoms with van der Waals surface area (Å²) in [5, 5.41) is 8.61. The maximum absolute atomic E-state index is 10.7. The Morgan fingerprint density at radius 3 is 2.36 bits per heavy atom. The number of carboxylic acid groups (broad SMARTS) is 1. The molecule has 0 fully saturated rings. The van der Waals surface area contributed by atoms with Gasteiger partial charge in [-0.3, -0.25) is 4.79 Å². The van der Waals surface area contributed by atoms with Crippen LogP contribution in [0.3, 0.4) is 0 Å². The number of carbonyl (C=O) groups excluding carboxylic acids is 1. The van der Waals surface area contributed by atoms with Crippen LogP contribution in [0.15, 0.2) is 0 Å². The predicted octanol–water partition coefficient (Wildman–Crippen LogP) is 0.819. The normalized spacial score (nSPS) is 12.1. The van der Waals surface area contributed by atoms with Crippen molar-refractivity contribution in [2.24, 2.45) is 0 Å². The van der Waals surface area contributed by atoms with E-state index < -0.39 is 12.1 Å². The number of unbranched alkanes of at least 4 members (excludes halogenated alkanes) is 1. The second-order valence-electron chi connectivity index (χ2n) is 2.88. The van der Waals surface area contributed by atoms with E-state index in [1.165, 1.54) is 14.2 Å². The minimum atomic E-state index is -0.967. The summed E-state index contributed by atoms with van der Waals surface area (Å²) in [6.07, 6.45) is 1.24. The molecular formula is C9H16O5. The monoisotopic (exact) mass is 204 g/mol. The number of aliphatic carboxylic acids is 1. The minimum Gasteiger partial charge on any atom is -0.479 e. The van der Waals surface area contributed by atoms with Crippen LogP contribution in [0, 0.1) is 0 Å². The van der Waals surface area contributed by atoms with Crippen molar-refractivity contribution in [1.29, 1.82) is 0 Å². The van der Waals surface area contributed by atoms with Crippen LogP contribution >= 0.6 is 0 Å². The van der Waals surface area contributed by atoms with Crippen LogP contribution in [-0.4, -0.2) is 37.4 Å². The lowest BCUT2D eigenvalue weighted by Crippen LogP contribution is -2.22. The molecule has 0 aromatic rings. The molecule has 1 N–H and O–H groups in total. The fraction of sp³-hybridized carbons (Fsp3) is 0.778. The van der Waals surface area contributed by atoms with E-state index in [9.17, 15) is 9.59 Å². The van der Waals surface area contributed by atoms with Gasteiger partial charge in [0.05, 0.1) is 7.11 Å². The van der Waals surface area contributed by atoms with Gasteiger partial charge in [0.25, 0.3) is 0 Å². The average molecular weight is 204 g/mol. The molecule has 0 aliphatic carbocycles. The largest absolute Gasteiger partial charge is 0.479 e. The van der Waals surface area contributed by atoms with Crippen molar-refractivity contribution in [3.63, 3.8) is 0 Å². The molecule has 0 aromatic carbocycles. The summed E-state index contributed by atoms with van der Waals surface area (Å²) in [6, 6.07) is 0. The number of hydrogen-bond donors (Lipinski definition) is 1. The smallest absolute Gasteiger partial charge is 0.332 e. The van der Waals surface area contributed by atoms with Crippen LogP contribution in [0.5, 0.6) is 0 Å².